The van der Waals surface area contributed by atoms with Crippen molar-refractivity contribution in [3.05, 3.63) is 18.5 Å². The summed E-state index contributed by atoms with van der Waals surface area (Å²) in [6, 6.07) is 2.12. The first kappa shape index (κ1) is 13.6. The molecule has 0 atom stereocenters. The Morgan fingerprint density at radius 2 is 2.10 bits per heavy atom. The lowest BCUT2D eigenvalue weighted by molar-refractivity contribution is 0.0254. The fraction of sp³-hybridized carbons (Fsp3) is 0.667. The summed E-state index contributed by atoms with van der Waals surface area (Å²) in [6.07, 6.45) is 7.13. The van der Waals surface area contributed by atoms with Crippen LogP contribution in [-0.4, -0.2) is 50.5 Å². The molecular formula is C15H23N3O2. The monoisotopic (exact) mass is 277 g/mol. The van der Waals surface area contributed by atoms with E-state index in [1.165, 1.54) is 12.1 Å². The number of pyridine rings is 1. The molecule has 0 radical (unpaired) electrons. The van der Waals surface area contributed by atoms with Gasteiger partial charge in [-0.2, -0.15) is 0 Å². The topological polar surface area (TPSA) is 46.6 Å². The van der Waals surface area contributed by atoms with E-state index < -0.39 is 0 Å². The van der Waals surface area contributed by atoms with Crippen LogP contribution in [0.15, 0.2) is 18.5 Å². The summed E-state index contributed by atoms with van der Waals surface area (Å²) in [7, 11) is 0. The molecule has 0 saturated carbocycles. The molecular weight excluding hydrogens is 254 g/mol. The number of nitrogens with zero attached hydrogens (tertiary/aromatic N) is 2. The predicted molar refractivity (Wildman–Crippen MR) is 78.4 cm³/mol. The number of nitrogens with one attached hydrogen (secondary N) is 1. The van der Waals surface area contributed by atoms with Crippen LogP contribution in [0.2, 0.25) is 0 Å². The highest BCUT2D eigenvalue weighted by atomic mass is 16.5. The molecule has 2 aliphatic heterocycles. The molecule has 0 bridgehead atoms. The number of rotatable bonds is 3. The average molecular weight is 277 g/mol. The summed E-state index contributed by atoms with van der Waals surface area (Å²) in [5, 5.41) is 3.42. The highest BCUT2D eigenvalue weighted by Gasteiger charge is 2.16. The van der Waals surface area contributed by atoms with Crippen LogP contribution >= 0.6 is 0 Å². The van der Waals surface area contributed by atoms with Gasteiger partial charge in [0.15, 0.2) is 0 Å². The van der Waals surface area contributed by atoms with Crippen LogP contribution in [0.1, 0.15) is 19.3 Å². The molecule has 3 heterocycles. The zero-order chi connectivity index (χ0) is 13.6. The van der Waals surface area contributed by atoms with Crippen molar-refractivity contribution in [2.45, 2.75) is 25.4 Å². The summed E-state index contributed by atoms with van der Waals surface area (Å²) in [5.74, 6) is 0.881. The first-order valence-electron chi connectivity index (χ1n) is 7.57. The Hall–Kier alpha value is -1.33. The van der Waals surface area contributed by atoms with Crippen molar-refractivity contribution < 1.29 is 9.47 Å². The second-order valence-corrected chi connectivity index (χ2v) is 5.40. The number of hydrogen-bond acceptors (Lipinski definition) is 5. The van der Waals surface area contributed by atoms with Gasteiger partial charge in [-0.25, -0.2) is 0 Å². The van der Waals surface area contributed by atoms with Crippen LogP contribution < -0.4 is 15.0 Å². The van der Waals surface area contributed by atoms with Crippen molar-refractivity contribution in [1.82, 2.24) is 10.3 Å². The van der Waals surface area contributed by atoms with Gasteiger partial charge in [0.1, 0.15) is 11.9 Å². The third-order valence-corrected chi connectivity index (χ3v) is 3.88. The van der Waals surface area contributed by atoms with Crippen molar-refractivity contribution in [1.29, 1.82) is 0 Å². The van der Waals surface area contributed by atoms with Gasteiger partial charge in [0.2, 0.25) is 0 Å². The van der Waals surface area contributed by atoms with Crippen LogP contribution in [-0.2, 0) is 4.74 Å². The Morgan fingerprint density at radius 3 is 3.00 bits per heavy atom. The minimum absolute atomic E-state index is 0.270. The minimum Gasteiger partial charge on any atom is -0.489 e. The summed E-state index contributed by atoms with van der Waals surface area (Å²) in [5.41, 5.74) is 1.17. The third-order valence-electron chi connectivity index (χ3n) is 3.88. The van der Waals surface area contributed by atoms with Crippen LogP contribution in [0.3, 0.4) is 0 Å². The van der Waals surface area contributed by atoms with Crippen molar-refractivity contribution in [2.24, 2.45) is 0 Å². The lowest BCUT2D eigenvalue weighted by Crippen LogP contribution is -2.28. The molecule has 0 spiro atoms. The quantitative estimate of drug-likeness (QED) is 0.906. The Morgan fingerprint density at radius 1 is 1.20 bits per heavy atom. The molecule has 0 aromatic carbocycles. The molecule has 3 rings (SSSR count). The Bertz CT molecular complexity index is 413. The summed E-state index contributed by atoms with van der Waals surface area (Å²) >= 11 is 0. The van der Waals surface area contributed by atoms with E-state index in [0.717, 1.165) is 58.0 Å². The zero-order valence-corrected chi connectivity index (χ0v) is 11.9. The van der Waals surface area contributed by atoms with Crippen molar-refractivity contribution >= 4 is 5.69 Å². The molecule has 110 valence electrons. The number of anilines is 1. The van der Waals surface area contributed by atoms with E-state index in [0.29, 0.717) is 0 Å². The maximum atomic E-state index is 6.03. The van der Waals surface area contributed by atoms with Crippen LogP contribution in [0.4, 0.5) is 5.69 Å². The molecule has 5 heteroatoms. The van der Waals surface area contributed by atoms with Crippen LogP contribution in [0, 0.1) is 0 Å². The number of aromatic nitrogens is 1. The molecule has 0 aliphatic carbocycles. The van der Waals surface area contributed by atoms with Gasteiger partial charge in [-0.05, 0) is 13.0 Å². The average Bonchev–Trinajstić information content (AvgIpc) is 2.78. The van der Waals surface area contributed by atoms with Crippen LogP contribution in [0.5, 0.6) is 5.75 Å². The Kier molecular flexibility index (Phi) is 4.71. The normalized spacial score (nSPS) is 21.5. The smallest absolute Gasteiger partial charge is 0.140 e. The molecule has 5 nitrogen and oxygen atoms in total. The molecule has 0 amide bonds. The van der Waals surface area contributed by atoms with Crippen molar-refractivity contribution in [2.75, 3.05) is 44.3 Å². The zero-order valence-electron chi connectivity index (χ0n) is 11.9. The first-order valence-corrected chi connectivity index (χ1v) is 7.57. The Labute approximate surface area is 120 Å². The minimum atomic E-state index is 0.270. The van der Waals surface area contributed by atoms with E-state index in [1.807, 2.05) is 12.4 Å². The molecule has 2 aliphatic rings. The fourth-order valence-electron chi connectivity index (χ4n) is 2.73. The molecule has 0 unspecified atom stereocenters. The van der Waals surface area contributed by atoms with E-state index in [4.69, 9.17) is 9.47 Å². The van der Waals surface area contributed by atoms with Gasteiger partial charge in [0, 0.05) is 38.5 Å². The maximum absolute atomic E-state index is 6.03. The van der Waals surface area contributed by atoms with E-state index in [2.05, 4.69) is 21.3 Å². The number of ether oxygens (including phenoxy) is 2. The van der Waals surface area contributed by atoms with Gasteiger partial charge >= 0.3 is 0 Å². The molecule has 2 saturated heterocycles. The first-order chi connectivity index (χ1) is 9.92. The highest BCUT2D eigenvalue weighted by molar-refractivity contribution is 5.48. The summed E-state index contributed by atoms with van der Waals surface area (Å²) in [4.78, 5) is 6.72. The summed E-state index contributed by atoms with van der Waals surface area (Å²) in [6.45, 7) is 5.84. The maximum Gasteiger partial charge on any atom is 0.140 e. The van der Waals surface area contributed by atoms with E-state index in [1.54, 1.807) is 0 Å². The van der Waals surface area contributed by atoms with Crippen LogP contribution in [0.25, 0.3) is 0 Å². The molecule has 1 aromatic heterocycles. The Balaban J connectivity index is 1.65. The highest BCUT2D eigenvalue weighted by Crippen LogP contribution is 2.23. The van der Waals surface area contributed by atoms with Gasteiger partial charge in [-0.3, -0.25) is 4.98 Å². The lowest BCUT2D eigenvalue weighted by Gasteiger charge is -2.25. The van der Waals surface area contributed by atoms with Gasteiger partial charge in [-0.15, -0.1) is 0 Å². The number of hydrogen-bond donors (Lipinski definition) is 1. The summed E-state index contributed by atoms with van der Waals surface area (Å²) < 4.78 is 11.4. The molecule has 1 N–H and O–H groups in total. The van der Waals surface area contributed by atoms with E-state index in [9.17, 15) is 0 Å². The molecule has 1 aromatic rings. The predicted octanol–water partition coefficient (Wildman–Crippen LogP) is 1.44. The molecule has 2 fully saturated rings. The van der Waals surface area contributed by atoms with Crippen molar-refractivity contribution in [3.63, 3.8) is 0 Å². The SMILES string of the molecule is c1ncc(N2CCCNCC2)cc1OC1CCOCC1. The fourth-order valence-corrected chi connectivity index (χ4v) is 2.73. The second-order valence-electron chi connectivity index (χ2n) is 5.40. The van der Waals surface area contributed by atoms with E-state index >= 15 is 0 Å². The van der Waals surface area contributed by atoms with Gasteiger partial charge in [0.25, 0.3) is 0 Å². The van der Waals surface area contributed by atoms with Gasteiger partial charge < -0.3 is 19.7 Å². The molecule has 20 heavy (non-hydrogen) atoms. The largest absolute Gasteiger partial charge is 0.489 e. The third kappa shape index (κ3) is 3.61. The lowest BCUT2D eigenvalue weighted by atomic mass is 10.1. The standard InChI is InChI=1S/C15H23N3O2/c1-4-16-5-7-18(6-1)13-10-15(12-17-11-13)20-14-2-8-19-9-3-14/h10-12,14,16H,1-9H2. The van der Waals surface area contributed by atoms with Crippen molar-refractivity contribution in [3.8, 4) is 5.75 Å². The van der Waals surface area contributed by atoms with Gasteiger partial charge in [0.05, 0.1) is 31.3 Å². The van der Waals surface area contributed by atoms with E-state index in [-0.39, 0.29) is 6.10 Å². The second kappa shape index (κ2) is 6.90. The van der Waals surface area contributed by atoms with Gasteiger partial charge in [-0.1, -0.05) is 0 Å².